The van der Waals surface area contributed by atoms with E-state index < -0.39 is 0 Å². The van der Waals surface area contributed by atoms with E-state index in [9.17, 15) is 4.79 Å². The van der Waals surface area contributed by atoms with Crippen molar-refractivity contribution < 1.29 is 4.79 Å². The van der Waals surface area contributed by atoms with Crippen LogP contribution in [0, 0.1) is 13.8 Å². The van der Waals surface area contributed by atoms with Crippen LogP contribution in [0.3, 0.4) is 0 Å². The number of rotatable bonds is 3. The van der Waals surface area contributed by atoms with E-state index in [1.165, 1.54) is 0 Å². The van der Waals surface area contributed by atoms with E-state index in [2.05, 4.69) is 21.0 Å². The van der Waals surface area contributed by atoms with Gasteiger partial charge in [0.15, 0.2) is 0 Å². The maximum atomic E-state index is 12.2. The van der Waals surface area contributed by atoms with Crippen molar-refractivity contribution in [2.24, 2.45) is 7.05 Å². The molecule has 4 nitrogen and oxygen atoms in total. The summed E-state index contributed by atoms with van der Waals surface area (Å²) in [4.78, 5) is 14.2. The number of halogens is 1. The molecule has 0 saturated carbocycles. The van der Waals surface area contributed by atoms with Gasteiger partial charge in [0.2, 0.25) is 0 Å². The number of hydrogen-bond donors (Lipinski definition) is 0. The van der Waals surface area contributed by atoms with Crippen molar-refractivity contribution in [3.63, 3.8) is 0 Å². The number of alkyl halides is 1. The highest BCUT2D eigenvalue weighted by Gasteiger charge is 2.21. The van der Waals surface area contributed by atoms with E-state index in [-0.39, 0.29) is 5.91 Å². The van der Waals surface area contributed by atoms with Gasteiger partial charge in [-0.2, -0.15) is 5.10 Å². The summed E-state index contributed by atoms with van der Waals surface area (Å²) in [5, 5.41) is 4.25. The van der Waals surface area contributed by atoms with Crippen LogP contribution in [-0.4, -0.2) is 39.0 Å². The monoisotopic (exact) mass is 287 g/mol. The summed E-state index contributed by atoms with van der Waals surface area (Å²) in [5.74, 6) is 0.0365. The molecule has 0 radical (unpaired) electrons. The van der Waals surface area contributed by atoms with Crippen LogP contribution in [0.15, 0.2) is 0 Å². The van der Waals surface area contributed by atoms with Gasteiger partial charge in [0.05, 0.1) is 11.3 Å². The Morgan fingerprint density at radius 1 is 1.56 bits per heavy atom. The zero-order valence-electron chi connectivity index (χ0n) is 10.4. The molecule has 0 aromatic carbocycles. The van der Waals surface area contributed by atoms with Crippen molar-refractivity contribution in [2.45, 2.75) is 25.6 Å². The second kappa shape index (κ2) is 4.99. The Balaban J connectivity index is 2.96. The third kappa shape index (κ3) is 2.64. The molecule has 1 aromatic heterocycles. The molecule has 0 aliphatic carbocycles. The van der Waals surface area contributed by atoms with Crippen LogP contribution in [0.4, 0.5) is 0 Å². The van der Waals surface area contributed by atoms with Gasteiger partial charge >= 0.3 is 0 Å². The maximum Gasteiger partial charge on any atom is 0.257 e. The van der Waals surface area contributed by atoms with Gasteiger partial charge in [0, 0.05) is 31.2 Å². The normalized spacial score (nSPS) is 12.6. The Hall–Kier alpha value is -0.840. The van der Waals surface area contributed by atoms with Gasteiger partial charge in [-0.25, -0.2) is 0 Å². The quantitative estimate of drug-likeness (QED) is 0.797. The summed E-state index contributed by atoms with van der Waals surface area (Å²) >= 11 is 3.44. The lowest BCUT2D eigenvalue weighted by Gasteiger charge is -2.18. The summed E-state index contributed by atoms with van der Waals surface area (Å²) in [5.41, 5.74) is 2.42. The highest BCUT2D eigenvalue weighted by atomic mass is 79.9. The van der Waals surface area contributed by atoms with Gasteiger partial charge in [0.1, 0.15) is 0 Å². The van der Waals surface area contributed by atoms with Crippen LogP contribution in [0.1, 0.15) is 28.7 Å². The van der Waals surface area contributed by atoms with Crippen molar-refractivity contribution in [2.75, 3.05) is 13.6 Å². The lowest BCUT2D eigenvalue weighted by atomic mass is 10.1. The SMILES string of the molecule is Cc1nn(C)c(C)c1C(=O)N(C)CC(C)Br. The summed E-state index contributed by atoms with van der Waals surface area (Å²) in [6.07, 6.45) is 0. The molecule has 0 aliphatic rings. The Morgan fingerprint density at radius 2 is 2.12 bits per heavy atom. The predicted molar refractivity (Wildman–Crippen MR) is 68.0 cm³/mol. The molecular formula is C11H18BrN3O. The molecule has 90 valence electrons. The summed E-state index contributed by atoms with van der Waals surface area (Å²) < 4.78 is 1.74. The van der Waals surface area contributed by atoms with Crippen molar-refractivity contribution in [1.82, 2.24) is 14.7 Å². The Labute approximate surface area is 105 Å². The maximum absolute atomic E-state index is 12.2. The molecule has 1 aromatic rings. The van der Waals surface area contributed by atoms with Gasteiger partial charge in [-0.1, -0.05) is 22.9 Å². The molecule has 1 amide bonds. The number of aryl methyl sites for hydroxylation is 2. The van der Waals surface area contributed by atoms with Crippen LogP contribution in [0.2, 0.25) is 0 Å². The molecule has 1 heterocycles. The summed E-state index contributed by atoms with van der Waals surface area (Å²) in [6.45, 7) is 6.49. The molecule has 0 fully saturated rings. The molecule has 5 heteroatoms. The molecular weight excluding hydrogens is 270 g/mol. The summed E-state index contributed by atoms with van der Waals surface area (Å²) in [7, 11) is 3.66. The van der Waals surface area contributed by atoms with Crippen molar-refractivity contribution >= 4 is 21.8 Å². The fourth-order valence-corrected chi connectivity index (χ4v) is 2.17. The number of carbonyl (C=O) groups excluding carboxylic acids is 1. The van der Waals surface area contributed by atoms with Gasteiger partial charge in [-0.05, 0) is 13.8 Å². The van der Waals surface area contributed by atoms with E-state index >= 15 is 0 Å². The minimum Gasteiger partial charge on any atom is -0.340 e. The fraction of sp³-hybridized carbons (Fsp3) is 0.636. The molecule has 1 unspecified atom stereocenters. The largest absolute Gasteiger partial charge is 0.340 e. The standard InChI is InChI=1S/C11H18BrN3O/c1-7(12)6-14(4)11(16)10-8(2)13-15(5)9(10)3/h7H,6H2,1-5H3. The van der Waals surface area contributed by atoms with Gasteiger partial charge in [0.25, 0.3) is 5.91 Å². The van der Waals surface area contributed by atoms with Crippen LogP contribution >= 0.6 is 15.9 Å². The van der Waals surface area contributed by atoms with Crippen LogP contribution in [0.25, 0.3) is 0 Å². The molecule has 0 aliphatic heterocycles. The van der Waals surface area contributed by atoms with Gasteiger partial charge in [-0.3, -0.25) is 9.48 Å². The minimum atomic E-state index is 0.0365. The van der Waals surface area contributed by atoms with Gasteiger partial charge in [-0.15, -0.1) is 0 Å². The first-order valence-electron chi connectivity index (χ1n) is 5.24. The summed E-state index contributed by atoms with van der Waals surface area (Å²) in [6, 6.07) is 0. The molecule has 1 atom stereocenters. The van der Waals surface area contributed by atoms with E-state index in [1.54, 1.807) is 9.58 Å². The smallest absolute Gasteiger partial charge is 0.257 e. The third-order valence-corrected chi connectivity index (χ3v) is 2.88. The van der Waals surface area contributed by atoms with Crippen LogP contribution in [-0.2, 0) is 7.05 Å². The number of hydrogen-bond acceptors (Lipinski definition) is 2. The van der Waals surface area contributed by atoms with Crippen molar-refractivity contribution in [1.29, 1.82) is 0 Å². The van der Waals surface area contributed by atoms with E-state index in [0.717, 1.165) is 17.0 Å². The third-order valence-electron chi connectivity index (χ3n) is 2.60. The van der Waals surface area contributed by atoms with Crippen LogP contribution < -0.4 is 0 Å². The highest BCUT2D eigenvalue weighted by Crippen LogP contribution is 2.14. The zero-order valence-corrected chi connectivity index (χ0v) is 12.0. The first kappa shape index (κ1) is 13.2. The topological polar surface area (TPSA) is 38.1 Å². The number of amides is 1. The van der Waals surface area contributed by atoms with Gasteiger partial charge < -0.3 is 4.90 Å². The number of carbonyl (C=O) groups is 1. The number of aromatic nitrogens is 2. The van der Waals surface area contributed by atoms with E-state index in [1.807, 2.05) is 34.9 Å². The molecule has 16 heavy (non-hydrogen) atoms. The predicted octanol–water partition coefficient (Wildman–Crippen LogP) is 1.89. The molecule has 0 spiro atoms. The molecule has 0 N–H and O–H groups in total. The lowest BCUT2D eigenvalue weighted by Crippen LogP contribution is -2.31. The average Bonchev–Trinajstić information content (AvgIpc) is 2.39. The fourth-order valence-electron chi connectivity index (χ4n) is 1.73. The zero-order chi connectivity index (χ0) is 12.5. The molecule has 0 saturated heterocycles. The highest BCUT2D eigenvalue weighted by molar-refractivity contribution is 9.09. The number of nitrogens with zero attached hydrogens (tertiary/aromatic N) is 3. The Morgan fingerprint density at radius 3 is 2.50 bits per heavy atom. The molecule has 1 rings (SSSR count). The molecule has 0 bridgehead atoms. The van der Waals surface area contributed by atoms with E-state index in [4.69, 9.17) is 0 Å². The van der Waals surface area contributed by atoms with Crippen molar-refractivity contribution in [3.05, 3.63) is 17.0 Å². The second-order valence-electron chi connectivity index (χ2n) is 4.14. The lowest BCUT2D eigenvalue weighted by molar-refractivity contribution is 0.0796. The Kier molecular flexibility index (Phi) is 4.13. The average molecular weight is 288 g/mol. The first-order valence-corrected chi connectivity index (χ1v) is 6.16. The van der Waals surface area contributed by atoms with Crippen LogP contribution in [0.5, 0.6) is 0 Å². The Bertz CT molecular complexity index is 398. The first-order chi connectivity index (χ1) is 7.34. The van der Waals surface area contributed by atoms with E-state index in [0.29, 0.717) is 11.4 Å². The minimum absolute atomic E-state index is 0.0365. The second-order valence-corrected chi connectivity index (χ2v) is 5.70. The van der Waals surface area contributed by atoms with Crippen molar-refractivity contribution in [3.8, 4) is 0 Å².